The molecule has 1 amide bonds. The monoisotopic (exact) mass is 286 g/mol. The van der Waals surface area contributed by atoms with Crippen LogP contribution < -0.4 is 10.6 Å². The summed E-state index contributed by atoms with van der Waals surface area (Å²) in [5.74, 6) is 0.748. The Balaban J connectivity index is 4.56. The Hall–Kier alpha value is -1.30. The molecule has 3 N–H and O–H groups in total. The van der Waals surface area contributed by atoms with Gasteiger partial charge in [0.1, 0.15) is 0 Å². The fourth-order valence-corrected chi connectivity index (χ4v) is 1.52. The quantitative estimate of drug-likeness (QED) is 0.489. The van der Waals surface area contributed by atoms with E-state index in [0.29, 0.717) is 12.5 Å². The molecule has 1 atom stereocenters. The van der Waals surface area contributed by atoms with E-state index in [1.165, 1.54) is 0 Å². The highest BCUT2D eigenvalue weighted by Crippen LogP contribution is 1.99. The molecule has 20 heavy (non-hydrogen) atoms. The van der Waals surface area contributed by atoms with Crippen LogP contribution in [0.4, 0.5) is 0 Å². The van der Waals surface area contributed by atoms with Crippen LogP contribution in [-0.2, 0) is 4.79 Å². The summed E-state index contributed by atoms with van der Waals surface area (Å²) in [4.78, 5) is 18.1. The number of hydrogen-bond acceptors (Lipinski definition) is 3. The van der Waals surface area contributed by atoms with Crippen LogP contribution in [-0.4, -0.2) is 60.7 Å². The third-order valence-corrected chi connectivity index (χ3v) is 2.46. The lowest BCUT2D eigenvalue weighted by Crippen LogP contribution is -2.48. The molecule has 0 spiro atoms. The van der Waals surface area contributed by atoms with Gasteiger partial charge in [0, 0.05) is 32.3 Å². The van der Waals surface area contributed by atoms with Gasteiger partial charge in [-0.25, -0.2) is 0 Å². The highest BCUT2D eigenvalue weighted by Gasteiger charge is 2.16. The SMILES string of the molecule is CCNC(=NCC(C)CO)N(C)CC(=O)NC(C)(C)C. The minimum atomic E-state index is -0.237. The summed E-state index contributed by atoms with van der Waals surface area (Å²) in [7, 11) is 1.83. The number of rotatable bonds is 6. The third kappa shape index (κ3) is 8.74. The number of carbonyl (C=O) groups excluding carboxylic acids is 1. The van der Waals surface area contributed by atoms with Crippen LogP contribution in [0.5, 0.6) is 0 Å². The van der Waals surface area contributed by atoms with Gasteiger partial charge in [0.2, 0.25) is 5.91 Å². The van der Waals surface area contributed by atoms with E-state index < -0.39 is 0 Å². The van der Waals surface area contributed by atoms with Crippen LogP contribution in [0, 0.1) is 5.92 Å². The first-order valence-electron chi connectivity index (χ1n) is 7.11. The van der Waals surface area contributed by atoms with Crippen LogP contribution in [0.2, 0.25) is 0 Å². The van der Waals surface area contributed by atoms with E-state index >= 15 is 0 Å². The van der Waals surface area contributed by atoms with Crippen LogP contribution in [0.3, 0.4) is 0 Å². The van der Waals surface area contributed by atoms with E-state index in [9.17, 15) is 4.79 Å². The van der Waals surface area contributed by atoms with Gasteiger partial charge in [-0.05, 0) is 33.6 Å². The fraction of sp³-hybridized carbons (Fsp3) is 0.857. The molecule has 0 fully saturated rings. The second kappa shape index (κ2) is 8.79. The summed E-state index contributed by atoms with van der Waals surface area (Å²) < 4.78 is 0. The van der Waals surface area contributed by atoms with Crippen LogP contribution >= 0.6 is 0 Å². The molecule has 0 aliphatic heterocycles. The first-order valence-corrected chi connectivity index (χ1v) is 7.11. The number of nitrogens with zero attached hydrogens (tertiary/aromatic N) is 2. The molecule has 1 unspecified atom stereocenters. The van der Waals surface area contributed by atoms with Gasteiger partial charge < -0.3 is 20.6 Å². The lowest BCUT2D eigenvalue weighted by Gasteiger charge is -2.25. The van der Waals surface area contributed by atoms with Gasteiger partial charge >= 0.3 is 0 Å². The lowest BCUT2D eigenvalue weighted by atomic mass is 10.1. The number of carbonyl (C=O) groups is 1. The van der Waals surface area contributed by atoms with E-state index in [2.05, 4.69) is 15.6 Å². The first kappa shape index (κ1) is 18.7. The van der Waals surface area contributed by atoms with E-state index in [1.807, 2.05) is 41.7 Å². The van der Waals surface area contributed by atoms with Crippen molar-refractivity contribution >= 4 is 11.9 Å². The molecule has 0 saturated carbocycles. The van der Waals surface area contributed by atoms with Gasteiger partial charge in [-0.1, -0.05) is 6.92 Å². The largest absolute Gasteiger partial charge is 0.396 e. The van der Waals surface area contributed by atoms with E-state index in [1.54, 1.807) is 4.90 Å². The van der Waals surface area contributed by atoms with E-state index in [-0.39, 0.29) is 30.5 Å². The average Bonchev–Trinajstić information content (AvgIpc) is 2.31. The molecular formula is C14H30N4O2. The van der Waals surface area contributed by atoms with Gasteiger partial charge in [0.15, 0.2) is 5.96 Å². The number of likely N-dealkylation sites (N-methyl/N-ethyl adjacent to an activating group) is 1. The summed E-state index contributed by atoms with van der Waals surface area (Å²) in [5.41, 5.74) is -0.237. The highest BCUT2D eigenvalue weighted by molar-refractivity contribution is 5.86. The number of nitrogens with one attached hydrogen (secondary N) is 2. The second-order valence-electron chi connectivity index (χ2n) is 6.14. The molecule has 6 heteroatoms. The van der Waals surface area contributed by atoms with Gasteiger partial charge in [-0.15, -0.1) is 0 Å². The molecule has 0 heterocycles. The van der Waals surface area contributed by atoms with E-state index in [4.69, 9.17) is 5.11 Å². The summed E-state index contributed by atoms with van der Waals surface area (Å²) in [6.45, 7) is 11.4. The molecule has 0 aromatic heterocycles. The Morgan fingerprint density at radius 1 is 1.40 bits per heavy atom. The number of aliphatic hydroxyl groups is 1. The van der Waals surface area contributed by atoms with Crippen molar-refractivity contribution in [3.8, 4) is 0 Å². The van der Waals surface area contributed by atoms with Crippen molar-refractivity contribution in [2.45, 2.75) is 40.2 Å². The number of hydrogen-bond donors (Lipinski definition) is 3. The lowest BCUT2D eigenvalue weighted by molar-refractivity contribution is -0.122. The summed E-state index contributed by atoms with van der Waals surface area (Å²) >= 11 is 0. The molecule has 6 nitrogen and oxygen atoms in total. The summed E-state index contributed by atoms with van der Waals surface area (Å²) in [6, 6.07) is 0. The van der Waals surface area contributed by atoms with Crippen molar-refractivity contribution in [2.75, 3.05) is 33.3 Å². The Morgan fingerprint density at radius 2 is 2.00 bits per heavy atom. The van der Waals surface area contributed by atoms with E-state index in [0.717, 1.165) is 6.54 Å². The Bertz CT molecular complexity index is 324. The number of aliphatic hydroxyl groups excluding tert-OH is 1. The third-order valence-electron chi connectivity index (χ3n) is 2.46. The van der Waals surface area contributed by atoms with Crippen molar-refractivity contribution in [1.82, 2.24) is 15.5 Å². The van der Waals surface area contributed by atoms with Crippen LogP contribution in [0.25, 0.3) is 0 Å². The molecular weight excluding hydrogens is 256 g/mol. The number of guanidine groups is 1. The first-order chi connectivity index (χ1) is 9.19. The molecule has 0 rings (SSSR count). The zero-order valence-electron chi connectivity index (χ0n) is 13.7. The molecule has 0 radical (unpaired) electrons. The Labute approximate surface area is 122 Å². The van der Waals surface area contributed by atoms with Crippen LogP contribution in [0.15, 0.2) is 4.99 Å². The molecule has 118 valence electrons. The fourth-order valence-electron chi connectivity index (χ4n) is 1.52. The maximum atomic E-state index is 11.9. The molecule has 0 aromatic rings. The summed E-state index contributed by atoms with van der Waals surface area (Å²) in [5, 5.41) is 15.1. The maximum absolute atomic E-state index is 11.9. The average molecular weight is 286 g/mol. The van der Waals surface area contributed by atoms with Crippen molar-refractivity contribution < 1.29 is 9.90 Å². The minimum absolute atomic E-state index is 0.0409. The predicted octanol–water partition coefficient (Wildman–Crippen LogP) is 0.427. The van der Waals surface area contributed by atoms with Gasteiger partial charge in [0.05, 0.1) is 6.54 Å². The normalized spacial score (nSPS) is 13.8. The summed E-state index contributed by atoms with van der Waals surface area (Å²) in [6.07, 6.45) is 0. The van der Waals surface area contributed by atoms with Gasteiger partial charge in [-0.3, -0.25) is 9.79 Å². The number of aliphatic imine (C=N–C) groups is 1. The van der Waals surface area contributed by atoms with Crippen molar-refractivity contribution in [2.24, 2.45) is 10.9 Å². The van der Waals surface area contributed by atoms with Crippen LogP contribution in [0.1, 0.15) is 34.6 Å². The van der Waals surface area contributed by atoms with Crippen molar-refractivity contribution in [3.05, 3.63) is 0 Å². The molecule has 0 aromatic carbocycles. The highest BCUT2D eigenvalue weighted by atomic mass is 16.3. The number of amides is 1. The Kier molecular flexibility index (Phi) is 8.22. The molecule has 0 bridgehead atoms. The predicted molar refractivity (Wildman–Crippen MR) is 82.8 cm³/mol. The zero-order chi connectivity index (χ0) is 15.8. The maximum Gasteiger partial charge on any atom is 0.240 e. The topological polar surface area (TPSA) is 77.0 Å². The van der Waals surface area contributed by atoms with Gasteiger partial charge in [0.25, 0.3) is 0 Å². The second-order valence-corrected chi connectivity index (χ2v) is 6.14. The van der Waals surface area contributed by atoms with Crippen molar-refractivity contribution in [3.63, 3.8) is 0 Å². The molecule has 0 aliphatic carbocycles. The zero-order valence-corrected chi connectivity index (χ0v) is 13.7. The smallest absolute Gasteiger partial charge is 0.240 e. The Morgan fingerprint density at radius 3 is 2.45 bits per heavy atom. The minimum Gasteiger partial charge on any atom is -0.396 e. The van der Waals surface area contributed by atoms with Crippen molar-refractivity contribution in [1.29, 1.82) is 0 Å². The molecule has 0 aliphatic rings. The van der Waals surface area contributed by atoms with Gasteiger partial charge in [-0.2, -0.15) is 0 Å². The standard InChI is InChI=1S/C14H30N4O2/c1-7-15-13(16-8-11(2)10-19)18(6)9-12(20)17-14(3,4)5/h11,19H,7-10H2,1-6H3,(H,15,16)(H,17,20). The molecule has 0 saturated heterocycles.